The van der Waals surface area contributed by atoms with Crippen LogP contribution in [0.25, 0.3) is 10.6 Å². The predicted octanol–water partition coefficient (Wildman–Crippen LogP) is 4.87. The second-order valence-electron chi connectivity index (χ2n) is 5.16. The van der Waals surface area contributed by atoms with Gasteiger partial charge in [-0.25, -0.2) is 9.37 Å². The third-order valence-corrected chi connectivity index (χ3v) is 4.77. The van der Waals surface area contributed by atoms with Gasteiger partial charge in [-0.05, 0) is 6.07 Å². The van der Waals surface area contributed by atoms with Gasteiger partial charge in [-0.3, -0.25) is 4.79 Å². The molecular formula is C18H14ClFN2O3S. The highest BCUT2D eigenvalue weighted by Gasteiger charge is 2.17. The van der Waals surface area contributed by atoms with E-state index >= 15 is 0 Å². The number of methoxy groups -OCH3 is 2. The molecule has 0 atom stereocenters. The molecular weight excluding hydrogens is 379 g/mol. The van der Waals surface area contributed by atoms with Crippen molar-refractivity contribution in [3.63, 3.8) is 0 Å². The first-order chi connectivity index (χ1) is 12.5. The van der Waals surface area contributed by atoms with E-state index in [0.717, 1.165) is 11.6 Å². The molecule has 1 N–H and O–H groups in total. The number of halogens is 2. The molecule has 0 fully saturated rings. The lowest BCUT2D eigenvalue weighted by Crippen LogP contribution is -2.13. The molecule has 3 aromatic rings. The third-order valence-electron chi connectivity index (χ3n) is 3.56. The summed E-state index contributed by atoms with van der Waals surface area (Å²) in [5, 5.41) is 5.38. The minimum absolute atomic E-state index is 0.0227. The quantitative estimate of drug-likeness (QED) is 0.672. The van der Waals surface area contributed by atoms with E-state index in [-0.39, 0.29) is 22.9 Å². The molecule has 0 aliphatic heterocycles. The number of hydrogen-bond acceptors (Lipinski definition) is 5. The lowest BCUT2D eigenvalue weighted by molar-refractivity contribution is 0.102. The molecule has 0 spiro atoms. The Bertz CT molecular complexity index is 961. The fourth-order valence-electron chi connectivity index (χ4n) is 2.28. The fourth-order valence-corrected chi connectivity index (χ4v) is 3.40. The number of benzene rings is 2. The van der Waals surface area contributed by atoms with Crippen LogP contribution in [-0.4, -0.2) is 25.1 Å². The second kappa shape index (κ2) is 7.72. The fraction of sp³-hybridized carbons (Fsp3) is 0.111. The van der Waals surface area contributed by atoms with Crippen LogP contribution in [0.4, 0.5) is 10.1 Å². The summed E-state index contributed by atoms with van der Waals surface area (Å²) in [7, 11) is 2.77. The molecule has 0 bridgehead atoms. The number of hydrogen-bond donors (Lipinski definition) is 1. The lowest BCUT2D eigenvalue weighted by atomic mass is 10.2. The first-order valence-corrected chi connectivity index (χ1v) is 8.72. The number of thiazole rings is 1. The topological polar surface area (TPSA) is 60.5 Å². The van der Waals surface area contributed by atoms with Crippen molar-refractivity contribution in [1.29, 1.82) is 0 Å². The Labute approximate surface area is 158 Å². The zero-order valence-electron chi connectivity index (χ0n) is 13.9. The van der Waals surface area contributed by atoms with E-state index in [1.165, 1.54) is 31.6 Å². The second-order valence-corrected chi connectivity index (χ2v) is 6.42. The minimum Gasteiger partial charge on any atom is -0.494 e. The molecule has 8 heteroatoms. The summed E-state index contributed by atoms with van der Waals surface area (Å²) < 4.78 is 24.0. The van der Waals surface area contributed by atoms with E-state index in [9.17, 15) is 9.18 Å². The average Bonchev–Trinajstić information content (AvgIpc) is 3.12. The van der Waals surface area contributed by atoms with Crippen molar-refractivity contribution >= 4 is 34.5 Å². The van der Waals surface area contributed by atoms with E-state index in [4.69, 9.17) is 21.1 Å². The van der Waals surface area contributed by atoms with Gasteiger partial charge in [-0.15, -0.1) is 11.3 Å². The van der Waals surface area contributed by atoms with Crippen molar-refractivity contribution in [3.8, 4) is 22.1 Å². The van der Waals surface area contributed by atoms with Gasteiger partial charge in [-0.2, -0.15) is 0 Å². The number of carbonyl (C=O) groups is 1. The highest BCUT2D eigenvalue weighted by molar-refractivity contribution is 7.13. The molecule has 0 aliphatic carbocycles. The highest BCUT2D eigenvalue weighted by Crippen LogP contribution is 2.33. The first kappa shape index (κ1) is 18.2. The summed E-state index contributed by atoms with van der Waals surface area (Å²) in [6, 6.07) is 9.73. The Kier molecular flexibility index (Phi) is 5.39. The monoisotopic (exact) mass is 392 g/mol. The lowest BCUT2D eigenvalue weighted by Gasteiger charge is -2.11. The summed E-state index contributed by atoms with van der Waals surface area (Å²) >= 11 is 7.45. The standard InChI is InChI=1S/C18H14ClFN2O3S/c1-24-15-8-16(25-2)13(7-12(15)20)21-17(23)14-9-26-18(22-14)10-5-3-4-6-11(10)19/h3-9H,1-2H3,(H,21,23). The van der Waals surface area contributed by atoms with E-state index in [1.54, 1.807) is 11.4 Å². The van der Waals surface area contributed by atoms with Gasteiger partial charge >= 0.3 is 0 Å². The molecule has 5 nitrogen and oxygen atoms in total. The largest absolute Gasteiger partial charge is 0.494 e. The third kappa shape index (κ3) is 3.63. The maximum absolute atomic E-state index is 13.9. The Morgan fingerprint density at radius 3 is 2.62 bits per heavy atom. The summed E-state index contributed by atoms with van der Waals surface area (Å²) in [6.45, 7) is 0. The van der Waals surface area contributed by atoms with Crippen LogP contribution in [0.2, 0.25) is 5.02 Å². The van der Waals surface area contributed by atoms with Gasteiger partial charge < -0.3 is 14.8 Å². The number of nitrogens with zero attached hydrogens (tertiary/aromatic N) is 1. The first-order valence-electron chi connectivity index (χ1n) is 7.46. The zero-order valence-corrected chi connectivity index (χ0v) is 15.5. The molecule has 1 heterocycles. The van der Waals surface area contributed by atoms with Crippen LogP contribution in [0, 0.1) is 5.82 Å². The van der Waals surface area contributed by atoms with E-state index in [1.807, 2.05) is 18.2 Å². The number of amides is 1. The summed E-state index contributed by atoms with van der Waals surface area (Å²) in [4.78, 5) is 16.8. The maximum atomic E-state index is 13.9. The average molecular weight is 393 g/mol. The van der Waals surface area contributed by atoms with E-state index < -0.39 is 11.7 Å². The molecule has 1 aromatic heterocycles. The van der Waals surface area contributed by atoms with Crippen molar-refractivity contribution in [3.05, 3.63) is 58.3 Å². The number of anilines is 1. The smallest absolute Gasteiger partial charge is 0.275 e. The molecule has 0 unspecified atom stereocenters. The summed E-state index contributed by atoms with van der Waals surface area (Å²) in [5.74, 6) is -0.797. The van der Waals surface area contributed by atoms with Crippen molar-refractivity contribution in [1.82, 2.24) is 4.98 Å². The molecule has 0 aliphatic rings. The molecule has 134 valence electrons. The van der Waals surface area contributed by atoms with Gasteiger partial charge in [-0.1, -0.05) is 29.8 Å². The molecule has 0 saturated heterocycles. The number of rotatable bonds is 5. The Morgan fingerprint density at radius 2 is 1.92 bits per heavy atom. The van der Waals surface area contributed by atoms with Crippen molar-refractivity contribution in [2.45, 2.75) is 0 Å². The molecule has 1 amide bonds. The van der Waals surface area contributed by atoms with Crippen LogP contribution in [0.3, 0.4) is 0 Å². The van der Waals surface area contributed by atoms with Gasteiger partial charge in [0.1, 0.15) is 16.5 Å². The van der Waals surface area contributed by atoms with Crippen LogP contribution < -0.4 is 14.8 Å². The summed E-state index contributed by atoms with van der Waals surface area (Å²) in [5.41, 5.74) is 1.12. The molecule has 0 radical (unpaired) electrons. The van der Waals surface area contributed by atoms with Crippen molar-refractivity contribution in [2.75, 3.05) is 19.5 Å². The Balaban J connectivity index is 1.86. The number of carbonyl (C=O) groups excluding carboxylic acids is 1. The highest BCUT2D eigenvalue weighted by atomic mass is 35.5. The normalized spacial score (nSPS) is 10.5. The Morgan fingerprint density at radius 1 is 1.19 bits per heavy atom. The number of ether oxygens (including phenoxy) is 2. The van der Waals surface area contributed by atoms with Crippen LogP contribution in [0.15, 0.2) is 41.8 Å². The SMILES string of the molecule is COc1cc(OC)c(NC(=O)c2csc(-c3ccccc3Cl)n2)cc1F. The van der Waals surface area contributed by atoms with Gasteiger partial charge in [0.05, 0.1) is 24.9 Å². The van der Waals surface area contributed by atoms with Crippen LogP contribution in [0.5, 0.6) is 11.5 Å². The van der Waals surface area contributed by atoms with Crippen molar-refractivity contribution < 1.29 is 18.7 Å². The van der Waals surface area contributed by atoms with Gasteiger partial charge in [0.2, 0.25) is 0 Å². The van der Waals surface area contributed by atoms with Gasteiger partial charge in [0.25, 0.3) is 5.91 Å². The van der Waals surface area contributed by atoms with Gasteiger partial charge in [0.15, 0.2) is 11.6 Å². The molecule has 26 heavy (non-hydrogen) atoms. The Hall–Kier alpha value is -2.64. The van der Waals surface area contributed by atoms with E-state index in [2.05, 4.69) is 10.3 Å². The minimum atomic E-state index is -0.612. The van der Waals surface area contributed by atoms with Gasteiger partial charge in [0, 0.05) is 23.1 Å². The van der Waals surface area contributed by atoms with E-state index in [0.29, 0.717) is 10.0 Å². The van der Waals surface area contributed by atoms with Crippen LogP contribution in [-0.2, 0) is 0 Å². The predicted molar refractivity (Wildman–Crippen MR) is 100 cm³/mol. The molecule has 2 aromatic carbocycles. The summed E-state index contributed by atoms with van der Waals surface area (Å²) in [6.07, 6.45) is 0. The van der Waals surface area contributed by atoms with Crippen molar-refractivity contribution in [2.24, 2.45) is 0 Å². The maximum Gasteiger partial charge on any atom is 0.275 e. The van der Waals surface area contributed by atoms with Crippen LogP contribution >= 0.6 is 22.9 Å². The molecule has 3 rings (SSSR count). The van der Waals surface area contributed by atoms with Crippen LogP contribution in [0.1, 0.15) is 10.5 Å². The number of nitrogens with one attached hydrogen (secondary N) is 1. The zero-order chi connectivity index (χ0) is 18.7. The molecule has 0 saturated carbocycles. The number of aromatic nitrogens is 1.